The summed E-state index contributed by atoms with van der Waals surface area (Å²) < 4.78 is 37.6. The maximum atomic E-state index is 12.5. The molecule has 1 unspecified atom stereocenters. The highest BCUT2D eigenvalue weighted by molar-refractivity contribution is 7.11. The van der Waals surface area contributed by atoms with Crippen molar-refractivity contribution in [3.05, 3.63) is 16.1 Å². The fourth-order valence-corrected chi connectivity index (χ4v) is 3.64. The zero-order valence-corrected chi connectivity index (χ0v) is 11.8. The van der Waals surface area contributed by atoms with Gasteiger partial charge in [-0.15, -0.1) is 11.3 Å². The summed E-state index contributed by atoms with van der Waals surface area (Å²) in [5.41, 5.74) is 0. The normalized spacial score (nSPS) is 18.9. The molecule has 1 atom stereocenters. The average Bonchev–Trinajstić information content (AvgIpc) is 2.98. The van der Waals surface area contributed by atoms with E-state index in [-0.39, 0.29) is 6.04 Å². The van der Waals surface area contributed by atoms with Crippen molar-refractivity contribution < 1.29 is 13.2 Å². The van der Waals surface area contributed by atoms with Crippen molar-refractivity contribution in [3.63, 3.8) is 0 Å². The molecule has 1 aromatic heterocycles. The van der Waals surface area contributed by atoms with Gasteiger partial charge in [-0.1, -0.05) is 25.7 Å². The van der Waals surface area contributed by atoms with Crippen molar-refractivity contribution in [2.24, 2.45) is 5.92 Å². The molecule has 2 rings (SSSR count). The standard InChI is InChI=1S/C13H19F3N2S/c1-17-10(7-6-9-4-2-3-5-9)11-8-18-12(19-11)13(14,15)16/h8-10,17H,2-7H2,1H3. The summed E-state index contributed by atoms with van der Waals surface area (Å²) in [4.78, 5) is 4.18. The van der Waals surface area contributed by atoms with Gasteiger partial charge in [-0.05, 0) is 25.8 Å². The minimum atomic E-state index is -4.33. The highest BCUT2D eigenvalue weighted by Crippen LogP contribution is 2.36. The largest absolute Gasteiger partial charge is 0.443 e. The molecular formula is C13H19F3N2S. The zero-order chi connectivity index (χ0) is 13.9. The average molecular weight is 292 g/mol. The Labute approximate surface area is 115 Å². The van der Waals surface area contributed by atoms with E-state index >= 15 is 0 Å². The molecule has 0 amide bonds. The summed E-state index contributed by atoms with van der Waals surface area (Å²) in [7, 11) is 1.80. The Morgan fingerprint density at radius 1 is 1.42 bits per heavy atom. The molecule has 0 radical (unpaired) electrons. The van der Waals surface area contributed by atoms with Gasteiger partial charge in [0.25, 0.3) is 0 Å². The maximum Gasteiger partial charge on any atom is 0.443 e. The molecule has 1 aliphatic carbocycles. The van der Waals surface area contributed by atoms with E-state index in [0.29, 0.717) is 4.88 Å². The SMILES string of the molecule is CNC(CCC1CCCC1)c1cnc(C(F)(F)F)s1. The van der Waals surface area contributed by atoms with Crippen molar-refractivity contribution in [1.82, 2.24) is 10.3 Å². The molecule has 1 fully saturated rings. The Kier molecular flexibility index (Phi) is 4.84. The lowest BCUT2D eigenvalue weighted by atomic mass is 9.98. The second-order valence-corrected chi connectivity index (χ2v) is 6.20. The molecular weight excluding hydrogens is 273 g/mol. The number of nitrogens with zero attached hydrogens (tertiary/aromatic N) is 1. The van der Waals surface area contributed by atoms with Crippen LogP contribution < -0.4 is 5.32 Å². The summed E-state index contributed by atoms with van der Waals surface area (Å²) in [6.07, 6.45) is 4.16. The Balaban J connectivity index is 1.94. The van der Waals surface area contributed by atoms with Crippen LogP contribution >= 0.6 is 11.3 Å². The predicted molar refractivity (Wildman–Crippen MR) is 70.1 cm³/mol. The number of aromatic nitrogens is 1. The fourth-order valence-electron chi connectivity index (χ4n) is 2.71. The van der Waals surface area contributed by atoms with E-state index in [1.807, 2.05) is 0 Å². The Bertz CT molecular complexity index is 397. The number of nitrogens with one attached hydrogen (secondary N) is 1. The second kappa shape index (κ2) is 6.22. The minimum Gasteiger partial charge on any atom is -0.312 e. The first kappa shape index (κ1) is 14.8. The van der Waals surface area contributed by atoms with Crippen LogP contribution in [0.15, 0.2) is 6.20 Å². The molecule has 19 heavy (non-hydrogen) atoms. The van der Waals surface area contributed by atoms with Crippen LogP contribution in [0.2, 0.25) is 0 Å². The molecule has 1 N–H and O–H groups in total. The Morgan fingerprint density at radius 3 is 2.63 bits per heavy atom. The number of halogens is 3. The summed E-state index contributed by atoms with van der Waals surface area (Å²) in [5.74, 6) is 0.755. The highest BCUT2D eigenvalue weighted by Gasteiger charge is 2.35. The molecule has 0 aliphatic heterocycles. The van der Waals surface area contributed by atoms with Crippen LogP contribution in [0.3, 0.4) is 0 Å². The van der Waals surface area contributed by atoms with E-state index < -0.39 is 11.2 Å². The van der Waals surface area contributed by atoms with Crippen LogP contribution in [-0.4, -0.2) is 12.0 Å². The zero-order valence-electron chi connectivity index (χ0n) is 11.0. The van der Waals surface area contributed by atoms with Crippen LogP contribution in [0.1, 0.15) is 54.5 Å². The van der Waals surface area contributed by atoms with Gasteiger partial charge in [0.2, 0.25) is 0 Å². The first-order chi connectivity index (χ1) is 9.00. The summed E-state index contributed by atoms with van der Waals surface area (Å²) >= 11 is 0.756. The topological polar surface area (TPSA) is 24.9 Å². The molecule has 0 aromatic carbocycles. The van der Waals surface area contributed by atoms with Gasteiger partial charge in [0.15, 0.2) is 5.01 Å². The van der Waals surface area contributed by atoms with Crippen molar-refractivity contribution in [2.45, 2.75) is 50.7 Å². The van der Waals surface area contributed by atoms with E-state index in [1.165, 1.54) is 31.9 Å². The van der Waals surface area contributed by atoms with Crippen molar-refractivity contribution in [3.8, 4) is 0 Å². The van der Waals surface area contributed by atoms with Crippen molar-refractivity contribution >= 4 is 11.3 Å². The van der Waals surface area contributed by atoms with E-state index in [0.717, 1.165) is 30.1 Å². The molecule has 1 aliphatic rings. The lowest BCUT2D eigenvalue weighted by Gasteiger charge is -2.16. The second-order valence-electron chi connectivity index (χ2n) is 5.13. The van der Waals surface area contributed by atoms with Gasteiger partial charge in [-0.3, -0.25) is 0 Å². The molecule has 0 saturated heterocycles. The van der Waals surface area contributed by atoms with Gasteiger partial charge >= 0.3 is 6.18 Å². The summed E-state index contributed by atoms with van der Waals surface area (Å²) in [5, 5.41) is 2.36. The number of hydrogen-bond acceptors (Lipinski definition) is 3. The number of alkyl halides is 3. The smallest absolute Gasteiger partial charge is 0.312 e. The Hall–Kier alpha value is -0.620. The molecule has 2 nitrogen and oxygen atoms in total. The molecule has 6 heteroatoms. The van der Waals surface area contributed by atoms with E-state index in [9.17, 15) is 13.2 Å². The molecule has 0 spiro atoms. The van der Waals surface area contributed by atoms with E-state index in [4.69, 9.17) is 0 Å². The quantitative estimate of drug-likeness (QED) is 0.870. The lowest BCUT2D eigenvalue weighted by molar-refractivity contribution is -0.137. The predicted octanol–water partition coefficient (Wildman–Crippen LogP) is 4.39. The van der Waals surface area contributed by atoms with Crippen LogP contribution in [0.5, 0.6) is 0 Å². The molecule has 1 heterocycles. The van der Waals surface area contributed by atoms with Gasteiger partial charge in [0, 0.05) is 17.1 Å². The van der Waals surface area contributed by atoms with Crippen LogP contribution in [-0.2, 0) is 6.18 Å². The number of thiazole rings is 1. The maximum absolute atomic E-state index is 12.5. The van der Waals surface area contributed by atoms with Gasteiger partial charge in [-0.2, -0.15) is 13.2 Å². The van der Waals surface area contributed by atoms with Gasteiger partial charge in [-0.25, -0.2) is 4.98 Å². The van der Waals surface area contributed by atoms with E-state index in [1.54, 1.807) is 7.05 Å². The van der Waals surface area contributed by atoms with Gasteiger partial charge < -0.3 is 5.32 Å². The van der Waals surface area contributed by atoms with Crippen molar-refractivity contribution in [2.75, 3.05) is 7.05 Å². The van der Waals surface area contributed by atoms with Gasteiger partial charge in [0.1, 0.15) is 0 Å². The highest BCUT2D eigenvalue weighted by atomic mass is 32.1. The van der Waals surface area contributed by atoms with Gasteiger partial charge in [0.05, 0.1) is 0 Å². The first-order valence-corrected chi connectivity index (χ1v) is 7.52. The third-order valence-corrected chi connectivity index (χ3v) is 4.95. The molecule has 108 valence electrons. The number of rotatable bonds is 5. The molecule has 0 bridgehead atoms. The fraction of sp³-hybridized carbons (Fsp3) is 0.769. The van der Waals surface area contributed by atoms with Crippen molar-refractivity contribution in [1.29, 1.82) is 0 Å². The third kappa shape index (κ3) is 3.92. The number of hydrogen-bond donors (Lipinski definition) is 1. The summed E-state index contributed by atoms with van der Waals surface area (Å²) in [6, 6.07) is -0.00537. The minimum absolute atomic E-state index is 0.00537. The monoisotopic (exact) mass is 292 g/mol. The third-order valence-electron chi connectivity index (χ3n) is 3.80. The Morgan fingerprint density at radius 2 is 2.11 bits per heavy atom. The lowest BCUT2D eigenvalue weighted by Crippen LogP contribution is -2.16. The van der Waals surface area contributed by atoms with E-state index in [2.05, 4.69) is 10.3 Å². The first-order valence-electron chi connectivity index (χ1n) is 6.71. The van der Waals surface area contributed by atoms with Crippen LogP contribution in [0, 0.1) is 5.92 Å². The van der Waals surface area contributed by atoms with Crippen LogP contribution in [0.25, 0.3) is 0 Å². The molecule has 1 saturated carbocycles. The summed E-state index contributed by atoms with van der Waals surface area (Å²) in [6.45, 7) is 0. The van der Waals surface area contributed by atoms with Crippen LogP contribution in [0.4, 0.5) is 13.2 Å². The molecule has 1 aromatic rings.